The van der Waals surface area contributed by atoms with Gasteiger partial charge >= 0.3 is 0 Å². The molecule has 1 aromatic rings. The Morgan fingerprint density at radius 3 is 2.80 bits per heavy atom. The molecule has 1 aliphatic heterocycles. The number of nitrogens with one attached hydrogen (secondary N) is 1. The lowest BCUT2D eigenvalue weighted by Gasteiger charge is -2.15. The van der Waals surface area contributed by atoms with Crippen LogP contribution >= 0.6 is 0 Å². The molecule has 4 heteroatoms. The number of ether oxygens (including phenoxy) is 1. The van der Waals surface area contributed by atoms with Gasteiger partial charge in [0.25, 0.3) is 0 Å². The fourth-order valence-electron chi connectivity index (χ4n) is 1.99. The third kappa shape index (κ3) is 2.21. The predicted molar refractivity (Wildman–Crippen MR) is 56.6 cm³/mol. The van der Waals surface area contributed by atoms with Crippen LogP contribution in [0.3, 0.4) is 0 Å². The highest BCUT2D eigenvalue weighted by molar-refractivity contribution is 5.20. The molecule has 1 aromatic heterocycles. The highest BCUT2D eigenvalue weighted by atomic mass is 16.5. The van der Waals surface area contributed by atoms with E-state index in [0.717, 1.165) is 31.0 Å². The molecular formula is C11H18N2O2. The molecule has 15 heavy (non-hydrogen) atoms. The molecule has 1 N–H and O–H groups in total. The summed E-state index contributed by atoms with van der Waals surface area (Å²) in [5.41, 5.74) is 2.15. The number of aromatic nitrogens is 1. The second-order valence-corrected chi connectivity index (χ2v) is 4.15. The Bertz CT molecular complexity index is 316. The van der Waals surface area contributed by atoms with E-state index < -0.39 is 0 Å². The van der Waals surface area contributed by atoms with E-state index >= 15 is 0 Å². The lowest BCUT2D eigenvalue weighted by atomic mass is 10.1. The molecule has 84 valence electrons. The number of hydrogen-bond acceptors (Lipinski definition) is 4. The molecule has 0 aliphatic carbocycles. The zero-order valence-electron chi connectivity index (χ0n) is 9.54. The Labute approximate surface area is 90.0 Å². The minimum Gasteiger partial charge on any atom is -0.377 e. The van der Waals surface area contributed by atoms with E-state index in [0.29, 0.717) is 12.1 Å². The summed E-state index contributed by atoms with van der Waals surface area (Å²) in [6.07, 6.45) is 1.40. The van der Waals surface area contributed by atoms with Gasteiger partial charge in [-0.2, -0.15) is 0 Å². The van der Waals surface area contributed by atoms with Gasteiger partial charge in [-0.25, -0.2) is 0 Å². The summed E-state index contributed by atoms with van der Waals surface area (Å²) in [7, 11) is 0. The SMILES string of the molecule is Cc1noc(C)c1CN[C@H]1CCO[C@H]1C. The van der Waals surface area contributed by atoms with E-state index in [1.54, 1.807) is 0 Å². The fourth-order valence-corrected chi connectivity index (χ4v) is 1.99. The monoisotopic (exact) mass is 210 g/mol. The van der Waals surface area contributed by atoms with Gasteiger partial charge < -0.3 is 14.6 Å². The molecule has 4 nitrogen and oxygen atoms in total. The van der Waals surface area contributed by atoms with Crippen LogP contribution in [-0.4, -0.2) is 23.9 Å². The van der Waals surface area contributed by atoms with Gasteiger partial charge in [0, 0.05) is 24.8 Å². The van der Waals surface area contributed by atoms with Crippen LogP contribution in [0.1, 0.15) is 30.4 Å². The Kier molecular flexibility index (Phi) is 3.07. The lowest BCUT2D eigenvalue weighted by Crippen LogP contribution is -2.34. The van der Waals surface area contributed by atoms with Crippen LogP contribution in [0, 0.1) is 13.8 Å². The summed E-state index contributed by atoms with van der Waals surface area (Å²) in [6, 6.07) is 0.457. The van der Waals surface area contributed by atoms with Crippen molar-refractivity contribution < 1.29 is 9.26 Å². The van der Waals surface area contributed by atoms with E-state index in [-0.39, 0.29) is 0 Å². The average molecular weight is 210 g/mol. The first-order valence-corrected chi connectivity index (χ1v) is 5.45. The van der Waals surface area contributed by atoms with Crippen molar-refractivity contribution in [2.45, 2.75) is 45.9 Å². The zero-order chi connectivity index (χ0) is 10.8. The first kappa shape index (κ1) is 10.6. The number of hydrogen-bond donors (Lipinski definition) is 1. The summed E-state index contributed by atoms with van der Waals surface area (Å²) in [5.74, 6) is 0.909. The molecular weight excluding hydrogens is 192 g/mol. The summed E-state index contributed by atoms with van der Waals surface area (Å²) >= 11 is 0. The van der Waals surface area contributed by atoms with Crippen molar-refractivity contribution in [2.24, 2.45) is 0 Å². The smallest absolute Gasteiger partial charge is 0.138 e. The normalized spacial score (nSPS) is 26.1. The van der Waals surface area contributed by atoms with Crippen molar-refractivity contribution in [2.75, 3.05) is 6.61 Å². The van der Waals surface area contributed by atoms with Gasteiger partial charge in [0.2, 0.25) is 0 Å². The van der Waals surface area contributed by atoms with Crippen LogP contribution in [0.2, 0.25) is 0 Å². The number of nitrogens with zero attached hydrogens (tertiary/aromatic N) is 1. The summed E-state index contributed by atoms with van der Waals surface area (Å²) in [5, 5.41) is 7.42. The van der Waals surface area contributed by atoms with Crippen LogP contribution in [-0.2, 0) is 11.3 Å². The molecule has 0 saturated carbocycles. The highest BCUT2D eigenvalue weighted by Gasteiger charge is 2.24. The lowest BCUT2D eigenvalue weighted by molar-refractivity contribution is 0.113. The van der Waals surface area contributed by atoms with Gasteiger partial charge in [-0.05, 0) is 27.2 Å². The number of rotatable bonds is 3. The molecule has 0 radical (unpaired) electrons. The van der Waals surface area contributed by atoms with E-state index in [1.807, 2.05) is 13.8 Å². The average Bonchev–Trinajstić information content (AvgIpc) is 2.73. The van der Waals surface area contributed by atoms with Crippen LogP contribution in [0.15, 0.2) is 4.52 Å². The quantitative estimate of drug-likeness (QED) is 0.822. The highest BCUT2D eigenvalue weighted by Crippen LogP contribution is 2.16. The van der Waals surface area contributed by atoms with Crippen molar-refractivity contribution >= 4 is 0 Å². The third-order valence-corrected chi connectivity index (χ3v) is 3.10. The molecule has 2 heterocycles. The summed E-state index contributed by atoms with van der Waals surface area (Å²) < 4.78 is 10.6. The van der Waals surface area contributed by atoms with Crippen LogP contribution in [0.4, 0.5) is 0 Å². The van der Waals surface area contributed by atoms with Crippen LogP contribution < -0.4 is 5.32 Å². The van der Waals surface area contributed by atoms with E-state index in [4.69, 9.17) is 9.26 Å². The summed E-state index contributed by atoms with van der Waals surface area (Å²) in [4.78, 5) is 0. The number of aryl methyl sites for hydroxylation is 2. The van der Waals surface area contributed by atoms with E-state index in [1.165, 1.54) is 5.56 Å². The zero-order valence-corrected chi connectivity index (χ0v) is 9.54. The topological polar surface area (TPSA) is 47.3 Å². The largest absolute Gasteiger partial charge is 0.377 e. The Balaban J connectivity index is 1.93. The van der Waals surface area contributed by atoms with E-state index in [2.05, 4.69) is 17.4 Å². The van der Waals surface area contributed by atoms with Crippen molar-refractivity contribution in [1.29, 1.82) is 0 Å². The molecule has 1 fully saturated rings. The maximum Gasteiger partial charge on any atom is 0.138 e. The third-order valence-electron chi connectivity index (χ3n) is 3.10. The first-order chi connectivity index (χ1) is 7.18. The van der Waals surface area contributed by atoms with Crippen molar-refractivity contribution in [3.63, 3.8) is 0 Å². The van der Waals surface area contributed by atoms with Gasteiger partial charge in [-0.3, -0.25) is 0 Å². The molecule has 0 amide bonds. The molecule has 2 atom stereocenters. The molecule has 0 spiro atoms. The maximum atomic E-state index is 5.49. The van der Waals surface area contributed by atoms with Gasteiger partial charge in [0.05, 0.1) is 11.8 Å². The van der Waals surface area contributed by atoms with Gasteiger partial charge in [0.15, 0.2) is 0 Å². The Hall–Kier alpha value is -0.870. The minimum atomic E-state index is 0.311. The summed E-state index contributed by atoms with van der Waals surface area (Å²) in [6.45, 7) is 7.71. The minimum absolute atomic E-state index is 0.311. The molecule has 0 aromatic carbocycles. The maximum absolute atomic E-state index is 5.49. The molecule has 0 bridgehead atoms. The Morgan fingerprint density at radius 1 is 1.47 bits per heavy atom. The first-order valence-electron chi connectivity index (χ1n) is 5.45. The van der Waals surface area contributed by atoms with Gasteiger partial charge in [-0.1, -0.05) is 5.16 Å². The van der Waals surface area contributed by atoms with Gasteiger partial charge in [-0.15, -0.1) is 0 Å². The van der Waals surface area contributed by atoms with Crippen LogP contribution in [0.25, 0.3) is 0 Å². The standard InChI is InChI=1S/C11H18N2O2/c1-7-10(8(2)15-13-7)6-12-11-4-5-14-9(11)3/h9,11-12H,4-6H2,1-3H3/t9-,11-/m0/s1. The van der Waals surface area contributed by atoms with Crippen molar-refractivity contribution in [1.82, 2.24) is 10.5 Å². The van der Waals surface area contributed by atoms with Crippen molar-refractivity contribution in [3.8, 4) is 0 Å². The second kappa shape index (κ2) is 4.33. The fraction of sp³-hybridized carbons (Fsp3) is 0.727. The molecule has 1 aliphatic rings. The van der Waals surface area contributed by atoms with E-state index in [9.17, 15) is 0 Å². The van der Waals surface area contributed by atoms with Crippen molar-refractivity contribution in [3.05, 3.63) is 17.0 Å². The predicted octanol–water partition coefficient (Wildman–Crippen LogP) is 1.56. The molecule has 0 unspecified atom stereocenters. The van der Waals surface area contributed by atoms with Crippen LogP contribution in [0.5, 0.6) is 0 Å². The van der Waals surface area contributed by atoms with Gasteiger partial charge in [0.1, 0.15) is 5.76 Å². The molecule has 1 saturated heterocycles. The Morgan fingerprint density at radius 2 is 2.27 bits per heavy atom. The second-order valence-electron chi connectivity index (χ2n) is 4.15. The molecule has 2 rings (SSSR count).